The van der Waals surface area contributed by atoms with Gasteiger partial charge in [-0.25, -0.2) is 17.6 Å². The molecule has 1 aliphatic heterocycles. The maximum Gasteiger partial charge on any atom is 0.335 e. The second-order valence-electron chi connectivity index (χ2n) is 6.00. The van der Waals surface area contributed by atoms with Crippen molar-refractivity contribution in [3.8, 4) is 0 Å². The van der Waals surface area contributed by atoms with Crippen LogP contribution in [0.1, 0.15) is 42.5 Å². The van der Waals surface area contributed by atoms with E-state index in [4.69, 9.17) is 5.11 Å². The third-order valence-electron chi connectivity index (χ3n) is 4.68. The van der Waals surface area contributed by atoms with Crippen LogP contribution in [-0.2, 0) is 10.0 Å². The van der Waals surface area contributed by atoms with Crippen LogP contribution in [0.4, 0.5) is 4.39 Å². The quantitative estimate of drug-likeness (QED) is 0.922. The molecule has 1 unspecified atom stereocenters. The molecule has 1 aromatic rings. The molecule has 1 atom stereocenters. The van der Waals surface area contributed by atoms with E-state index in [1.165, 1.54) is 4.31 Å². The van der Waals surface area contributed by atoms with Crippen molar-refractivity contribution in [2.75, 3.05) is 6.54 Å². The maximum absolute atomic E-state index is 13.6. The molecule has 0 radical (unpaired) electrons. The van der Waals surface area contributed by atoms with E-state index >= 15 is 0 Å². The highest BCUT2D eigenvalue weighted by Crippen LogP contribution is 2.39. The summed E-state index contributed by atoms with van der Waals surface area (Å²) in [5.41, 5.74) is -0.350. The molecule has 0 spiro atoms. The van der Waals surface area contributed by atoms with Gasteiger partial charge in [-0.1, -0.05) is 12.8 Å². The first-order valence-corrected chi connectivity index (χ1v) is 8.89. The van der Waals surface area contributed by atoms with Crippen LogP contribution in [0.5, 0.6) is 0 Å². The van der Waals surface area contributed by atoms with Crippen LogP contribution in [0.15, 0.2) is 23.1 Å². The van der Waals surface area contributed by atoms with E-state index in [0.717, 1.165) is 50.3 Å². The number of benzene rings is 1. The summed E-state index contributed by atoms with van der Waals surface area (Å²) in [6, 6.07) is 2.73. The minimum absolute atomic E-state index is 0.0240. The first-order chi connectivity index (χ1) is 10.4. The molecule has 3 rings (SSSR count). The van der Waals surface area contributed by atoms with Crippen LogP contribution in [0.3, 0.4) is 0 Å². The lowest BCUT2D eigenvalue weighted by Gasteiger charge is -2.43. The fraction of sp³-hybridized carbons (Fsp3) is 0.533. The Morgan fingerprint density at radius 1 is 1.18 bits per heavy atom. The zero-order chi connectivity index (χ0) is 15.9. The lowest BCUT2D eigenvalue weighted by atomic mass is 9.90. The van der Waals surface area contributed by atoms with Crippen molar-refractivity contribution in [1.29, 1.82) is 0 Å². The van der Waals surface area contributed by atoms with E-state index in [2.05, 4.69) is 0 Å². The van der Waals surface area contributed by atoms with Crippen LogP contribution < -0.4 is 0 Å². The molecule has 7 heteroatoms. The Labute approximate surface area is 128 Å². The molecule has 5 nitrogen and oxygen atoms in total. The minimum atomic E-state index is -3.84. The van der Waals surface area contributed by atoms with Crippen LogP contribution in [0.2, 0.25) is 0 Å². The molecular formula is C15H18FNO4S. The van der Waals surface area contributed by atoms with Crippen LogP contribution in [0.25, 0.3) is 0 Å². The van der Waals surface area contributed by atoms with E-state index in [1.807, 2.05) is 0 Å². The number of sulfonamides is 1. The summed E-state index contributed by atoms with van der Waals surface area (Å²) in [6.07, 6.45) is 5.13. The van der Waals surface area contributed by atoms with E-state index in [9.17, 15) is 17.6 Å². The molecular weight excluding hydrogens is 309 g/mol. The van der Waals surface area contributed by atoms with Crippen molar-refractivity contribution in [2.45, 2.75) is 43.0 Å². The summed E-state index contributed by atoms with van der Waals surface area (Å²) in [6.45, 7) is 0.419. The number of hydrogen-bond donors (Lipinski definition) is 1. The molecule has 120 valence electrons. The lowest BCUT2D eigenvalue weighted by molar-refractivity contribution is 0.0696. The normalized spacial score (nSPS) is 23.4. The minimum Gasteiger partial charge on any atom is -0.478 e. The second kappa shape index (κ2) is 5.62. The Hall–Kier alpha value is -1.47. The SMILES string of the molecule is O=C(O)c1cc(F)cc(S(=O)(=O)N2CCC2C2CCCC2)c1. The molecule has 1 aliphatic carbocycles. The molecule has 2 aliphatic rings. The van der Waals surface area contributed by atoms with Gasteiger partial charge in [0.15, 0.2) is 0 Å². The van der Waals surface area contributed by atoms with Gasteiger partial charge in [0, 0.05) is 12.6 Å². The van der Waals surface area contributed by atoms with Crippen molar-refractivity contribution >= 4 is 16.0 Å². The zero-order valence-electron chi connectivity index (χ0n) is 12.0. The number of rotatable bonds is 4. The first kappa shape index (κ1) is 15.4. The van der Waals surface area contributed by atoms with Crippen LogP contribution >= 0.6 is 0 Å². The van der Waals surface area contributed by atoms with Crippen molar-refractivity contribution < 1.29 is 22.7 Å². The number of carboxylic acids is 1. The molecule has 0 amide bonds. The predicted octanol–water partition coefficient (Wildman–Crippen LogP) is 2.48. The molecule has 2 fully saturated rings. The van der Waals surface area contributed by atoms with Gasteiger partial charge in [0.1, 0.15) is 5.82 Å². The summed E-state index contributed by atoms with van der Waals surface area (Å²) in [5.74, 6) is -1.82. The summed E-state index contributed by atoms with van der Waals surface area (Å²) in [7, 11) is -3.84. The Bertz CT molecular complexity index is 697. The Kier molecular flexibility index (Phi) is 3.94. The van der Waals surface area contributed by atoms with Gasteiger partial charge in [0.05, 0.1) is 10.5 Å². The fourth-order valence-corrected chi connectivity index (χ4v) is 5.25. The summed E-state index contributed by atoms with van der Waals surface area (Å²) < 4.78 is 40.3. The van der Waals surface area contributed by atoms with Gasteiger partial charge in [-0.3, -0.25) is 0 Å². The Morgan fingerprint density at radius 3 is 2.41 bits per heavy atom. The number of carbonyl (C=O) groups is 1. The third kappa shape index (κ3) is 2.63. The zero-order valence-corrected chi connectivity index (χ0v) is 12.9. The molecule has 0 bridgehead atoms. The van der Waals surface area contributed by atoms with Crippen molar-refractivity contribution in [1.82, 2.24) is 4.31 Å². The highest BCUT2D eigenvalue weighted by atomic mass is 32.2. The number of hydrogen-bond acceptors (Lipinski definition) is 3. The van der Waals surface area contributed by atoms with E-state index < -0.39 is 21.8 Å². The summed E-state index contributed by atoms with van der Waals surface area (Å²) in [4.78, 5) is 10.7. The van der Waals surface area contributed by atoms with Crippen molar-refractivity contribution in [3.05, 3.63) is 29.6 Å². The van der Waals surface area contributed by atoms with Crippen LogP contribution in [0, 0.1) is 11.7 Å². The predicted molar refractivity (Wildman–Crippen MR) is 77.6 cm³/mol. The number of carboxylic acid groups (broad SMARTS) is 1. The topological polar surface area (TPSA) is 74.7 Å². The van der Waals surface area contributed by atoms with Gasteiger partial charge < -0.3 is 5.11 Å². The third-order valence-corrected chi connectivity index (χ3v) is 6.59. The van der Waals surface area contributed by atoms with Crippen molar-refractivity contribution in [3.63, 3.8) is 0 Å². The Morgan fingerprint density at radius 2 is 1.86 bits per heavy atom. The van der Waals surface area contributed by atoms with Crippen LogP contribution in [-0.4, -0.2) is 36.4 Å². The molecule has 1 saturated heterocycles. The first-order valence-electron chi connectivity index (χ1n) is 7.45. The van der Waals surface area contributed by atoms with Gasteiger partial charge in [-0.05, 0) is 43.4 Å². The largest absolute Gasteiger partial charge is 0.478 e. The van der Waals surface area contributed by atoms with E-state index in [-0.39, 0.29) is 16.5 Å². The number of nitrogens with zero attached hydrogens (tertiary/aromatic N) is 1. The number of halogens is 1. The van der Waals surface area contributed by atoms with Gasteiger partial charge in [0.2, 0.25) is 10.0 Å². The highest BCUT2D eigenvalue weighted by molar-refractivity contribution is 7.89. The smallest absolute Gasteiger partial charge is 0.335 e. The van der Waals surface area contributed by atoms with Crippen molar-refractivity contribution in [2.24, 2.45) is 5.92 Å². The molecule has 1 aromatic carbocycles. The maximum atomic E-state index is 13.6. The number of aromatic carboxylic acids is 1. The summed E-state index contributed by atoms with van der Waals surface area (Å²) in [5, 5.41) is 8.96. The lowest BCUT2D eigenvalue weighted by Crippen LogP contribution is -2.54. The molecule has 22 heavy (non-hydrogen) atoms. The second-order valence-corrected chi connectivity index (χ2v) is 7.89. The summed E-state index contributed by atoms with van der Waals surface area (Å²) >= 11 is 0. The van der Waals surface area contributed by atoms with Gasteiger partial charge in [-0.15, -0.1) is 0 Å². The standard InChI is InChI=1S/C15H18FNO4S/c16-12-7-11(15(18)19)8-13(9-12)22(20,21)17-6-5-14(17)10-3-1-2-4-10/h7-10,14H,1-6H2,(H,18,19). The average molecular weight is 327 g/mol. The van der Waals surface area contributed by atoms with Gasteiger partial charge >= 0.3 is 5.97 Å². The monoisotopic (exact) mass is 327 g/mol. The van der Waals surface area contributed by atoms with E-state index in [1.54, 1.807) is 0 Å². The fourth-order valence-electron chi connectivity index (χ4n) is 3.47. The Balaban J connectivity index is 1.91. The van der Waals surface area contributed by atoms with Gasteiger partial charge in [0.25, 0.3) is 0 Å². The van der Waals surface area contributed by atoms with Gasteiger partial charge in [-0.2, -0.15) is 4.31 Å². The average Bonchev–Trinajstić information content (AvgIpc) is 2.89. The molecule has 1 heterocycles. The molecule has 1 N–H and O–H groups in total. The van der Waals surface area contributed by atoms with E-state index in [0.29, 0.717) is 12.5 Å². The molecule has 1 saturated carbocycles. The highest BCUT2D eigenvalue weighted by Gasteiger charge is 2.43. The molecule has 0 aromatic heterocycles.